The number of rotatable bonds is 3. The summed E-state index contributed by atoms with van der Waals surface area (Å²) in [4.78, 5) is 9.15. The van der Waals surface area contributed by atoms with Gasteiger partial charge in [-0.2, -0.15) is 0 Å². The van der Waals surface area contributed by atoms with Crippen molar-refractivity contribution in [2.75, 3.05) is 0 Å². The highest BCUT2D eigenvalue weighted by Gasteiger charge is 2.22. The number of nitrogens with zero attached hydrogens (tertiary/aromatic N) is 4. The van der Waals surface area contributed by atoms with Gasteiger partial charge in [-0.05, 0) is 42.0 Å². The molecule has 0 unspecified atom stereocenters. The molecule has 7 aromatic rings. The highest BCUT2D eigenvalue weighted by atomic mass is 15.1. The Balaban J connectivity index is 1.65. The van der Waals surface area contributed by atoms with Crippen LogP contribution in [0.3, 0.4) is 0 Å². The average molecular weight is 437 g/mol. The second kappa shape index (κ2) is 7.42. The Morgan fingerprint density at radius 1 is 0.618 bits per heavy atom. The maximum absolute atomic E-state index is 4.85. The summed E-state index contributed by atoms with van der Waals surface area (Å²) in [7, 11) is 0. The highest BCUT2D eigenvalue weighted by Crippen LogP contribution is 2.42. The van der Waals surface area contributed by atoms with E-state index in [0.29, 0.717) is 0 Å². The molecule has 0 fully saturated rings. The second-order valence-corrected chi connectivity index (χ2v) is 8.39. The van der Waals surface area contributed by atoms with Crippen LogP contribution in [0.4, 0.5) is 0 Å². The first-order valence-electron chi connectivity index (χ1n) is 11.3. The molecule has 0 spiro atoms. The third-order valence-electron chi connectivity index (χ3n) is 6.47. The molecule has 0 aliphatic carbocycles. The van der Waals surface area contributed by atoms with E-state index in [4.69, 9.17) is 4.98 Å². The number of aromatic nitrogens is 4. The topological polar surface area (TPSA) is 35.1 Å². The molecule has 160 valence electrons. The molecule has 7 rings (SSSR count). The summed E-state index contributed by atoms with van der Waals surface area (Å²) in [5, 5.41) is 2.46. The zero-order valence-electron chi connectivity index (χ0n) is 18.3. The fourth-order valence-electron chi connectivity index (χ4n) is 5.04. The predicted molar refractivity (Wildman–Crippen MR) is 138 cm³/mol. The quantitative estimate of drug-likeness (QED) is 0.295. The Hall–Kier alpha value is -4.70. The molecule has 4 heteroatoms. The van der Waals surface area contributed by atoms with Crippen LogP contribution in [0.1, 0.15) is 0 Å². The van der Waals surface area contributed by atoms with Gasteiger partial charge in [-0.3, -0.25) is 9.55 Å². The van der Waals surface area contributed by atoms with E-state index in [2.05, 4.69) is 105 Å². The smallest absolute Gasteiger partial charge is 0.138 e. The lowest BCUT2D eigenvalue weighted by molar-refractivity contribution is 1.07. The van der Waals surface area contributed by atoms with Crippen molar-refractivity contribution in [1.29, 1.82) is 0 Å². The molecule has 0 atom stereocenters. The summed E-state index contributed by atoms with van der Waals surface area (Å²) in [6.45, 7) is 0. The van der Waals surface area contributed by atoms with Gasteiger partial charge >= 0.3 is 0 Å². The first-order valence-corrected chi connectivity index (χ1v) is 11.3. The Labute approximate surface area is 196 Å². The van der Waals surface area contributed by atoms with Gasteiger partial charge in [0.25, 0.3) is 0 Å². The van der Waals surface area contributed by atoms with Crippen LogP contribution in [0.2, 0.25) is 0 Å². The number of hydrogen-bond donors (Lipinski definition) is 0. The molecule has 0 N–H and O–H groups in total. The third-order valence-corrected chi connectivity index (χ3v) is 6.47. The number of benzene rings is 2. The van der Waals surface area contributed by atoms with Crippen molar-refractivity contribution in [1.82, 2.24) is 18.9 Å². The van der Waals surface area contributed by atoms with Crippen LogP contribution in [0.25, 0.3) is 55.5 Å². The van der Waals surface area contributed by atoms with Gasteiger partial charge in [-0.25, -0.2) is 4.98 Å². The summed E-state index contributed by atoms with van der Waals surface area (Å²) in [5.74, 6) is 0.889. The van der Waals surface area contributed by atoms with Crippen molar-refractivity contribution in [3.05, 3.63) is 122 Å². The van der Waals surface area contributed by atoms with Crippen molar-refractivity contribution in [3.8, 4) is 28.2 Å². The lowest BCUT2D eigenvalue weighted by atomic mass is 10.1. The largest absolute Gasteiger partial charge is 0.314 e. The van der Waals surface area contributed by atoms with E-state index >= 15 is 0 Å². The van der Waals surface area contributed by atoms with Crippen LogP contribution in [-0.4, -0.2) is 18.9 Å². The highest BCUT2D eigenvalue weighted by molar-refractivity contribution is 6.21. The van der Waals surface area contributed by atoms with Gasteiger partial charge in [0.15, 0.2) is 0 Å². The monoisotopic (exact) mass is 436 g/mol. The van der Waals surface area contributed by atoms with Gasteiger partial charge in [0.2, 0.25) is 0 Å². The van der Waals surface area contributed by atoms with E-state index in [1.807, 2.05) is 24.5 Å². The summed E-state index contributed by atoms with van der Waals surface area (Å²) in [6.07, 6.45) is 7.73. The van der Waals surface area contributed by atoms with Crippen LogP contribution < -0.4 is 0 Å². The molecule has 0 aliphatic rings. The van der Waals surface area contributed by atoms with E-state index in [1.165, 1.54) is 21.9 Å². The molecule has 0 aliphatic heterocycles. The van der Waals surface area contributed by atoms with Crippen LogP contribution in [0.5, 0.6) is 0 Å². The molecule has 0 saturated carbocycles. The molecule has 0 radical (unpaired) electrons. The molecule has 2 aromatic carbocycles. The van der Waals surface area contributed by atoms with E-state index in [-0.39, 0.29) is 0 Å². The molecule has 5 aromatic heterocycles. The minimum absolute atomic E-state index is 0.889. The van der Waals surface area contributed by atoms with Gasteiger partial charge in [0.1, 0.15) is 5.82 Å². The van der Waals surface area contributed by atoms with Crippen molar-refractivity contribution >= 4 is 27.3 Å². The van der Waals surface area contributed by atoms with Gasteiger partial charge < -0.3 is 4.40 Å². The van der Waals surface area contributed by atoms with E-state index in [0.717, 1.165) is 33.7 Å². The molecule has 0 amide bonds. The van der Waals surface area contributed by atoms with Crippen LogP contribution in [0.15, 0.2) is 122 Å². The molecule has 34 heavy (non-hydrogen) atoms. The maximum Gasteiger partial charge on any atom is 0.138 e. The van der Waals surface area contributed by atoms with Crippen molar-refractivity contribution in [2.24, 2.45) is 0 Å². The number of pyridine rings is 3. The van der Waals surface area contributed by atoms with Crippen LogP contribution in [-0.2, 0) is 0 Å². The Bertz CT molecular complexity index is 1790. The van der Waals surface area contributed by atoms with Gasteiger partial charge in [0.05, 0.1) is 22.2 Å². The molecule has 0 saturated heterocycles. The summed E-state index contributed by atoms with van der Waals surface area (Å²) in [6, 6.07) is 33.8. The van der Waals surface area contributed by atoms with Crippen molar-refractivity contribution in [2.45, 2.75) is 0 Å². The lowest BCUT2D eigenvalue weighted by Gasteiger charge is -2.11. The SMILES string of the molecule is c1ccc(-c2c3c(c4ccccc4n3-c3cc(-c4cccnc4)ccn3)c3ccccn23)cc1. The first-order chi connectivity index (χ1) is 16.9. The summed E-state index contributed by atoms with van der Waals surface area (Å²) < 4.78 is 4.60. The Morgan fingerprint density at radius 2 is 1.41 bits per heavy atom. The zero-order valence-corrected chi connectivity index (χ0v) is 18.3. The van der Waals surface area contributed by atoms with Gasteiger partial charge in [-0.15, -0.1) is 0 Å². The standard InChI is InChI=1S/C30H20N4/c1-2-9-21(10-3-1)29-30-28(26-14-6-7-18-33(26)29)24-12-4-5-13-25(24)34(30)27-19-22(15-17-32-27)23-11-8-16-31-20-23/h1-20H. The van der Waals surface area contributed by atoms with E-state index in [9.17, 15) is 0 Å². The van der Waals surface area contributed by atoms with Crippen molar-refractivity contribution < 1.29 is 0 Å². The van der Waals surface area contributed by atoms with Crippen LogP contribution in [0, 0.1) is 0 Å². The van der Waals surface area contributed by atoms with Crippen molar-refractivity contribution in [3.63, 3.8) is 0 Å². The lowest BCUT2D eigenvalue weighted by Crippen LogP contribution is -1.99. The molecular formula is C30H20N4. The number of fused-ring (bicyclic) bond motifs is 5. The molecule has 5 heterocycles. The maximum atomic E-state index is 4.85. The fraction of sp³-hybridized carbons (Fsp3) is 0. The molecule has 0 bridgehead atoms. The average Bonchev–Trinajstić information content (AvgIpc) is 3.42. The fourth-order valence-corrected chi connectivity index (χ4v) is 5.04. The normalized spacial score (nSPS) is 11.5. The number of hydrogen-bond acceptors (Lipinski definition) is 2. The Kier molecular flexibility index (Phi) is 4.11. The van der Waals surface area contributed by atoms with Gasteiger partial charge in [0, 0.05) is 46.7 Å². The number of para-hydroxylation sites is 1. The first kappa shape index (κ1) is 18.8. The minimum Gasteiger partial charge on any atom is -0.314 e. The predicted octanol–water partition coefficient (Wildman–Crippen LogP) is 7.16. The van der Waals surface area contributed by atoms with E-state index < -0.39 is 0 Å². The summed E-state index contributed by atoms with van der Waals surface area (Å²) in [5.41, 5.74) is 8.00. The molecule has 4 nitrogen and oxygen atoms in total. The second-order valence-electron chi connectivity index (χ2n) is 8.39. The van der Waals surface area contributed by atoms with Crippen LogP contribution >= 0.6 is 0 Å². The van der Waals surface area contributed by atoms with E-state index in [1.54, 1.807) is 6.20 Å². The zero-order chi connectivity index (χ0) is 22.5. The van der Waals surface area contributed by atoms with Gasteiger partial charge in [-0.1, -0.05) is 60.7 Å². The third kappa shape index (κ3) is 2.72. The molecular weight excluding hydrogens is 416 g/mol. The summed E-state index contributed by atoms with van der Waals surface area (Å²) >= 11 is 0. The Morgan fingerprint density at radius 3 is 2.29 bits per heavy atom. The minimum atomic E-state index is 0.889.